The van der Waals surface area contributed by atoms with Gasteiger partial charge in [0.15, 0.2) is 17.8 Å². The smallest absolute Gasteiger partial charge is 0.334 e. The molecule has 1 unspecified atom stereocenters. The molecule has 0 aromatic carbocycles. The van der Waals surface area contributed by atoms with Crippen LogP contribution in [0.3, 0.4) is 0 Å². The van der Waals surface area contributed by atoms with Gasteiger partial charge >= 0.3 is 5.97 Å². The Balaban J connectivity index is 4.96. The highest BCUT2D eigenvalue weighted by molar-refractivity contribution is 6.42. The molecule has 78 valence electrons. The number of carboxylic acid groups (broad SMARTS) is 1. The van der Waals surface area contributed by atoms with Crippen LogP contribution in [0.4, 0.5) is 0 Å². The number of hydrogen-bond donors (Lipinski definition) is 3. The van der Waals surface area contributed by atoms with Gasteiger partial charge in [-0.3, -0.25) is 15.0 Å². The number of ketones is 2. The minimum atomic E-state index is -1.72. The molecule has 0 amide bonds. The molecule has 0 aliphatic rings. The van der Waals surface area contributed by atoms with Crippen LogP contribution in [0.5, 0.6) is 0 Å². The van der Waals surface area contributed by atoms with E-state index in [0.29, 0.717) is 4.90 Å². The summed E-state index contributed by atoms with van der Waals surface area (Å²) in [5.74, 6) is -4.09. The van der Waals surface area contributed by atoms with E-state index in [2.05, 4.69) is 0 Å². The average Bonchev–Trinajstić information content (AvgIpc) is 2.03. The molecule has 1 atom stereocenters. The summed E-state index contributed by atoms with van der Waals surface area (Å²) >= 11 is 0. The lowest BCUT2D eigenvalue weighted by Gasteiger charge is -2.22. The number of hydrogen-bond acceptors (Lipinski definition) is 4. The molecule has 0 bridgehead atoms. The number of carbonyl (C=O) groups is 3. The molecule has 4 N–H and O–H groups in total. The molecule has 7 heteroatoms. The largest absolute Gasteiger partial charge is 0.479 e. The van der Waals surface area contributed by atoms with Crippen molar-refractivity contribution in [3.05, 3.63) is 0 Å². The zero-order valence-corrected chi connectivity index (χ0v) is 7.77. The summed E-state index contributed by atoms with van der Waals surface area (Å²) in [6, 6.07) is -1.72. The molecule has 7 nitrogen and oxygen atoms in total. The van der Waals surface area contributed by atoms with Crippen LogP contribution in [0, 0.1) is 5.41 Å². The summed E-state index contributed by atoms with van der Waals surface area (Å²) < 4.78 is 0. The minimum Gasteiger partial charge on any atom is -0.479 e. The van der Waals surface area contributed by atoms with E-state index in [4.69, 9.17) is 16.2 Å². The number of carboxylic acids is 1. The van der Waals surface area contributed by atoms with Gasteiger partial charge in [0.1, 0.15) is 0 Å². The summed E-state index contributed by atoms with van der Waals surface area (Å²) in [6.45, 7) is 0.965. The zero-order valence-electron chi connectivity index (χ0n) is 7.77. The Labute approximate surface area is 80.0 Å². The molecule has 0 aromatic heterocycles. The van der Waals surface area contributed by atoms with Crippen LogP contribution in [-0.2, 0) is 14.4 Å². The average molecular weight is 201 g/mol. The van der Waals surface area contributed by atoms with E-state index in [0.717, 1.165) is 14.0 Å². The number of Topliss-reactive ketones (excluding diaryl/α,β-unsaturated/α-hetero) is 2. The third-order valence-electron chi connectivity index (χ3n) is 1.60. The van der Waals surface area contributed by atoms with Crippen molar-refractivity contribution in [1.82, 2.24) is 4.90 Å². The third kappa shape index (κ3) is 2.54. The van der Waals surface area contributed by atoms with Crippen molar-refractivity contribution < 1.29 is 19.5 Å². The van der Waals surface area contributed by atoms with E-state index in [1.807, 2.05) is 0 Å². The van der Waals surface area contributed by atoms with Crippen molar-refractivity contribution >= 4 is 23.5 Å². The number of carbonyl (C=O) groups excluding carboxylic acids is 2. The van der Waals surface area contributed by atoms with Gasteiger partial charge in [0.25, 0.3) is 0 Å². The van der Waals surface area contributed by atoms with Crippen molar-refractivity contribution in [2.45, 2.75) is 13.0 Å². The van der Waals surface area contributed by atoms with Crippen molar-refractivity contribution in [2.75, 3.05) is 7.05 Å². The summed E-state index contributed by atoms with van der Waals surface area (Å²) in [5.41, 5.74) is 4.99. The fraction of sp³-hybridized carbons (Fsp3) is 0.429. The van der Waals surface area contributed by atoms with E-state index in [1.165, 1.54) is 0 Å². The number of guanidine groups is 1. The Bertz CT molecular complexity index is 299. The van der Waals surface area contributed by atoms with Gasteiger partial charge in [-0.15, -0.1) is 0 Å². The number of rotatable bonds is 4. The molecule has 0 saturated carbocycles. The van der Waals surface area contributed by atoms with Crippen LogP contribution in [0.2, 0.25) is 0 Å². The number of nitrogens with one attached hydrogen (secondary N) is 1. The summed E-state index contributed by atoms with van der Waals surface area (Å²) in [6.07, 6.45) is 0. The van der Waals surface area contributed by atoms with Crippen molar-refractivity contribution in [3.8, 4) is 0 Å². The molecule has 0 aromatic rings. The maximum atomic E-state index is 11.1. The van der Waals surface area contributed by atoms with Gasteiger partial charge in [0.05, 0.1) is 0 Å². The predicted molar refractivity (Wildman–Crippen MR) is 46.8 cm³/mol. The maximum absolute atomic E-state index is 11.1. The first-order valence-electron chi connectivity index (χ1n) is 3.63. The second kappa shape index (κ2) is 4.35. The molecule has 0 aliphatic carbocycles. The summed E-state index contributed by atoms with van der Waals surface area (Å²) in [4.78, 5) is 33.1. The Morgan fingerprint density at radius 2 is 1.86 bits per heavy atom. The number of nitrogens with two attached hydrogens (primary N) is 1. The van der Waals surface area contributed by atoms with Gasteiger partial charge in [-0.05, 0) is 0 Å². The minimum absolute atomic E-state index is 0.591. The lowest BCUT2D eigenvalue weighted by atomic mass is 10.1. The van der Waals surface area contributed by atoms with Gasteiger partial charge in [-0.2, -0.15) is 0 Å². The van der Waals surface area contributed by atoms with Crippen molar-refractivity contribution in [3.63, 3.8) is 0 Å². The highest BCUT2D eigenvalue weighted by Crippen LogP contribution is 1.99. The van der Waals surface area contributed by atoms with Crippen LogP contribution in [0.1, 0.15) is 6.92 Å². The van der Waals surface area contributed by atoms with Crippen molar-refractivity contribution in [2.24, 2.45) is 5.73 Å². The van der Waals surface area contributed by atoms with E-state index in [9.17, 15) is 14.4 Å². The lowest BCUT2D eigenvalue weighted by Crippen LogP contribution is -2.51. The van der Waals surface area contributed by atoms with Crippen LogP contribution in [-0.4, -0.2) is 46.6 Å². The summed E-state index contributed by atoms with van der Waals surface area (Å²) in [7, 11) is 1.15. The molecule has 0 saturated heterocycles. The first-order chi connectivity index (χ1) is 6.29. The molecule has 0 rings (SSSR count). The normalized spacial score (nSPS) is 11.6. The first kappa shape index (κ1) is 12.1. The lowest BCUT2D eigenvalue weighted by molar-refractivity contribution is -0.149. The highest BCUT2D eigenvalue weighted by atomic mass is 16.4. The quantitative estimate of drug-likeness (QED) is 0.218. The van der Waals surface area contributed by atoms with Gasteiger partial charge < -0.3 is 15.7 Å². The maximum Gasteiger partial charge on any atom is 0.334 e. The molecule has 0 heterocycles. The predicted octanol–water partition coefficient (Wildman–Crippen LogP) is -1.58. The van der Waals surface area contributed by atoms with Crippen LogP contribution in [0.15, 0.2) is 0 Å². The van der Waals surface area contributed by atoms with Gasteiger partial charge in [-0.1, -0.05) is 0 Å². The van der Waals surface area contributed by atoms with Crippen LogP contribution < -0.4 is 5.73 Å². The fourth-order valence-corrected chi connectivity index (χ4v) is 0.785. The Hall–Kier alpha value is -1.92. The van der Waals surface area contributed by atoms with E-state index in [1.54, 1.807) is 0 Å². The number of nitrogens with zero attached hydrogens (tertiary/aromatic N) is 1. The molecule has 14 heavy (non-hydrogen) atoms. The molecule has 0 radical (unpaired) electrons. The Kier molecular flexibility index (Phi) is 3.76. The van der Waals surface area contributed by atoms with Gasteiger partial charge in [-0.25, -0.2) is 4.79 Å². The van der Waals surface area contributed by atoms with Crippen LogP contribution in [0.25, 0.3) is 0 Å². The van der Waals surface area contributed by atoms with E-state index >= 15 is 0 Å². The second-order valence-corrected chi connectivity index (χ2v) is 2.66. The SMILES string of the molecule is CC(=O)C(=O)C(C(=O)O)N(C)C(=N)N. The second-order valence-electron chi connectivity index (χ2n) is 2.66. The third-order valence-corrected chi connectivity index (χ3v) is 1.60. The van der Waals surface area contributed by atoms with Gasteiger partial charge in [0, 0.05) is 14.0 Å². The summed E-state index contributed by atoms with van der Waals surface area (Å²) in [5, 5.41) is 15.6. The Morgan fingerprint density at radius 1 is 1.43 bits per heavy atom. The molecular formula is C7H11N3O4. The molecular weight excluding hydrogens is 190 g/mol. The molecule has 0 aliphatic heterocycles. The standard InChI is InChI=1S/C7H11N3O4/c1-3(11)5(12)4(6(13)14)10(2)7(8)9/h4H,1-2H3,(H3,8,9)(H,13,14). The number of likely N-dealkylation sites (N-methyl/N-ethyl adjacent to an activating group) is 1. The monoisotopic (exact) mass is 201 g/mol. The molecule has 0 spiro atoms. The van der Waals surface area contributed by atoms with Crippen LogP contribution >= 0.6 is 0 Å². The Morgan fingerprint density at radius 3 is 2.07 bits per heavy atom. The highest BCUT2D eigenvalue weighted by Gasteiger charge is 2.33. The fourth-order valence-electron chi connectivity index (χ4n) is 0.785. The zero-order chi connectivity index (χ0) is 11.5. The van der Waals surface area contributed by atoms with Crippen molar-refractivity contribution in [1.29, 1.82) is 5.41 Å². The van der Waals surface area contributed by atoms with E-state index in [-0.39, 0.29) is 0 Å². The van der Waals surface area contributed by atoms with E-state index < -0.39 is 29.5 Å². The first-order valence-corrected chi connectivity index (χ1v) is 3.63. The number of aliphatic carboxylic acids is 1. The molecule has 0 fully saturated rings. The topological polar surface area (TPSA) is 125 Å². The van der Waals surface area contributed by atoms with Gasteiger partial charge in [0.2, 0.25) is 5.78 Å².